The molecular weight excluding hydrogens is 290 g/mol. The molecule has 0 spiro atoms. The number of nitrogens with one attached hydrogen (secondary N) is 1. The predicted molar refractivity (Wildman–Crippen MR) is 84.6 cm³/mol. The highest BCUT2D eigenvalue weighted by molar-refractivity contribution is 6.30. The average molecular weight is 314 g/mol. The Bertz CT molecular complexity index is 474. The average Bonchev–Trinajstić information content (AvgIpc) is 2.37. The smallest absolute Gasteiger partial charge is 0.263 e. The minimum absolute atomic E-state index is 0.178. The molecule has 1 aromatic carbocycles. The van der Waals surface area contributed by atoms with E-state index in [9.17, 15) is 9.90 Å². The first-order valence-corrected chi connectivity index (χ1v) is 7.51. The highest BCUT2D eigenvalue weighted by Crippen LogP contribution is 2.22. The van der Waals surface area contributed by atoms with Crippen molar-refractivity contribution in [3.05, 3.63) is 29.3 Å². The summed E-state index contributed by atoms with van der Waals surface area (Å²) >= 11 is 5.89. The molecule has 1 unspecified atom stereocenters. The Morgan fingerprint density at radius 2 is 2.10 bits per heavy atom. The first-order chi connectivity index (χ1) is 9.72. The normalized spacial score (nSPS) is 13.1. The van der Waals surface area contributed by atoms with Crippen LogP contribution in [0.2, 0.25) is 5.02 Å². The van der Waals surface area contributed by atoms with Gasteiger partial charge >= 0.3 is 0 Å². The van der Waals surface area contributed by atoms with Crippen LogP contribution in [0, 0.1) is 5.92 Å². The van der Waals surface area contributed by atoms with E-state index in [1.54, 1.807) is 38.1 Å². The molecule has 0 radical (unpaired) electrons. The topological polar surface area (TPSA) is 58.6 Å². The number of amides is 1. The van der Waals surface area contributed by atoms with Crippen molar-refractivity contribution in [2.24, 2.45) is 5.92 Å². The minimum atomic E-state index is -1.01. The lowest BCUT2D eigenvalue weighted by molar-refractivity contribution is -0.134. The number of benzene rings is 1. The van der Waals surface area contributed by atoms with Crippen LogP contribution in [0.4, 0.5) is 0 Å². The standard InChI is InChI=1S/C16H24ClNO3/c1-11(2)14(19)8-9-18-15(20)16(3,4)21-13-7-5-6-12(17)10-13/h5-7,10-11,14,19H,8-9H2,1-4H3,(H,18,20). The molecule has 4 nitrogen and oxygen atoms in total. The molecule has 5 heteroatoms. The van der Waals surface area contributed by atoms with Gasteiger partial charge in [-0.25, -0.2) is 0 Å². The van der Waals surface area contributed by atoms with Gasteiger partial charge in [0.25, 0.3) is 5.91 Å². The summed E-state index contributed by atoms with van der Waals surface area (Å²) < 4.78 is 5.69. The maximum atomic E-state index is 12.2. The van der Waals surface area contributed by atoms with Crippen LogP contribution in [0.1, 0.15) is 34.1 Å². The predicted octanol–water partition coefficient (Wildman–Crippen LogP) is 3.02. The Labute approximate surface area is 131 Å². The van der Waals surface area contributed by atoms with E-state index in [4.69, 9.17) is 16.3 Å². The van der Waals surface area contributed by atoms with E-state index >= 15 is 0 Å². The van der Waals surface area contributed by atoms with Gasteiger partial charge in [0, 0.05) is 11.6 Å². The number of rotatable bonds is 7. The molecule has 0 heterocycles. The Morgan fingerprint density at radius 3 is 2.67 bits per heavy atom. The fourth-order valence-corrected chi connectivity index (χ4v) is 1.93. The molecule has 0 saturated carbocycles. The quantitative estimate of drug-likeness (QED) is 0.813. The van der Waals surface area contributed by atoms with Crippen molar-refractivity contribution in [3.63, 3.8) is 0 Å². The third kappa shape index (κ3) is 5.94. The molecule has 0 aliphatic heterocycles. The summed E-state index contributed by atoms with van der Waals surface area (Å²) in [6.45, 7) is 7.70. The molecule has 0 aliphatic rings. The molecule has 0 saturated heterocycles. The number of aliphatic hydroxyl groups excluding tert-OH is 1. The molecule has 1 amide bonds. The van der Waals surface area contributed by atoms with Crippen molar-refractivity contribution in [1.82, 2.24) is 5.32 Å². The number of ether oxygens (including phenoxy) is 1. The zero-order valence-electron chi connectivity index (χ0n) is 13.0. The molecule has 0 aliphatic carbocycles. The molecule has 1 rings (SSSR count). The summed E-state index contributed by atoms with van der Waals surface area (Å²) in [6, 6.07) is 6.93. The van der Waals surface area contributed by atoms with E-state index in [0.717, 1.165) is 0 Å². The Kier molecular flexibility index (Phi) is 6.49. The Balaban J connectivity index is 2.51. The first-order valence-electron chi connectivity index (χ1n) is 7.13. The number of hydrogen-bond acceptors (Lipinski definition) is 3. The number of aliphatic hydroxyl groups is 1. The van der Waals surface area contributed by atoms with Gasteiger partial charge in [-0.2, -0.15) is 0 Å². The number of carbonyl (C=O) groups is 1. The highest BCUT2D eigenvalue weighted by atomic mass is 35.5. The maximum Gasteiger partial charge on any atom is 0.263 e. The van der Waals surface area contributed by atoms with Crippen LogP contribution in [0.3, 0.4) is 0 Å². The molecule has 21 heavy (non-hydrogen) atoms. The van der Waals surface area contributed by atoms with E-state index in [0.29, 0.717) is 23.7 Å². The molecule has 2 N–H and O–H groups in total. The Morgan fingerprint density at radius 1 is 1.43 bits per heavy atom. The van der Waals surface area contributed by atoms with E-state index in [-0.39, 0.29) is 11.8 Å². The lowest BCUT2D eigenvalue weighted by atomic mass is 10.0. The second-order valence-electron chi connectivity index (χ2n) is 5.93. The lowest BCUT2D eigenvalue weighted by Crippen LogP contribution is -2.47. The fraction of sp³-hybridized carbons (Fsp3) is 0.562. The van der Waals surface area contributed by atoms with Crippen LogP contribution in [-0.4, -0.2) is 29.3 Å². The molecule has 0 aromatic heterocycles. The van der Waals surface area contributed by atoms with E-state index in [1.165, 1.54) is 0 Å². The van der Waals surface area contributed by atoms with Crippen molar-refractivity contribution in [2.75, 3.05) is 6.54 Å². The monoisotopic (exact) mass is 313 g/mol. The van der Waals surface area contributed by atoms with Crippen molar-refractivity contribution in [3.8, 4) is 5.75 Å². The van der Waals surface area contributed by atoms with Gasteiger partial charge in [-0.15, -0.1) is 0 Å². The van der Waals surface area contributed by atoms with Gasteiger partial charge in [0.05, 0.1) is 6.10 Å². The van der Waals surface area contributed by atoms with Crippen LogP contribution in [0.5, 0.6) is 5.75 Å². The second-order valence-corrected chi connectivity index (χ2v) is 6.36. The summed E-state index contributed by atoms with van der Waals surface area (Å²) in [5.74, 6) is 0.501. The SMILES string of the molecule is CC(C)C(O)CCNC(=O)C(C)(C)Oc1cccc(Cl)c1. The van der Waals surface area contributed by atoms with Crippen molar-refractivity contribution in [2.45, 2.75) is 45.8 Å². The van der Waals surface area contributed by atoms with Crippen LogP contribution in [0.25, 0.3) is 0 Å². The molecule has 0 bridgehead atoms. The lowest BCUT2D eigenvalue weighted by Gasteiger charge is -2.26. The van der Waals surface area contributed by atoms with Gasteiger partial charge in [0.1, 0.15) is 5.75 Å². The van der Waals surface area contributed by atoms with Crippen LogP contribution < -0.4 is 10.1 Å². The van der Waals surface area contributed by atoms with Gasteiger partial charge in [0.15, 0.2) is 5.60 Å². The number of carbonyl (C=O) groups excluding carboxylic acids is 1. The van der Waals surface area contributed by atoms with Gasteiger partial charge in [0.2, 0.25) is 0 Å². The Hall–Kier alpha value is -1.26. The number of hydrogen-bond donors (Lipinski definition) is 2. The van der Waals surface area contributed by atoms with Crippen LogP contribution >= 0.6 is 11.6 Å². The van der Waals surface area contributed by atoms with E-state index in [1.807, 2.05) is 13.8 Å². The van der Waals surface area contributed by atoms with Gasteiger partial charge < -0.3 is 15.2 Å². The second kappa shape index (κ2) is 7.66. The van der Waals surface area contributed by atoms with Gasteiger partial charge in [-0.1, -0.05) is 31.5 Å². The summed E-state index contributed by atoms with van der Waals surface area (Å²) in [7, 11) is 0. The zero-order chi connectivity index (χ0) is 16.0. The third-order valence-corrected chi connectivity index (χ3v) is 3.45. The molecule has 1 atom stereocenters. The van der Waals surface area contributed by atoms with Crippen LogP contribution in [0.15, 0.2) is 24.3 Å². The van der Waals surface area contributed by atoms with Crippen molar-refractivity contribution in [1.29, 1.82) is 0 Å². The zero-order valence-corrected chi connectivity index (χ0v) is 13.8. The number of halogens is 1. The van der Waals surface area contributed by atoms with Crippen LogP contribution in [-0.2, 0) is 4.79 Å². The third-order valence-electron chi connectivity index (χ3n) is 3.21. The first kappa shape index (κ1) is 17.8. The summed E-state index contributed by atoms with van der Waals surface area (Å²) in [5.41, 5.74) is -1.01. The largest absolute Gasteiger partial charge is 0.478 e. The van der Waals surface area contributed by atoms with Crippen molar-refractivity contribution >= 4 is 17.5 Å². The van der Waals surface area contributed by atoms with Gasteiger partial charge in [-0.05, 0) is 44.4 Å². The minimum Gasteiger partial charge on any atom is -0.478 e. The molecular formula is C16H24ClNO3. The fourth-order valence-electron chi connectivity index (χ4n) is 1.75. The molecule has 118 valence electrons. The van der Waals surface area contributed by atoms with Gasteiger partial charge in [-0.3, -0.25) is 4.79 Å². The van der Waals surface area contributed by atoms with Crippen molar-refractivity contribution < 1.29 is 14.6 Å². The summed E-state index contributed by atoms with van der Waals surface area (Å²) in [5, 5.41) is 13.1. The molecule has 1 aromatic rings. The summed E-state index contributed by atoms with van der Waals surface area (Å²) in [4.78, 5) is 12.2. The van der Waals surface area contributed by atoms with E-state index in [2.05, 4.69) is 5.32 Å². The van der Waals surface area contributed by atoms with E-state index < -0.39 is 11.7 Å². The molecule has 0 fully saturated rings. The maximum absolute atomic E-state index is 12.2. The summed E-state index contributed by atoms with van der Waals surface area (Å²) in [6.07, 6.45) is 0.110. The highest BCUT2D eigenvalue weighted by Gasteiger charge is 2.29.